The maximum Gasteiger partial charge on any atom is 1.00 e. The van der Waals surface area contributed by atoms with Gasteiger partial charge in [0.2, 0.25) is 0 Å². The van der Waals surface area contributed by atoms with Gasteiger partial charge in [0.15, 0.2) is 0 Å². The van der Waals surface area contributed by atoms with E-state index in [1.165, 1.54) is 5.56 Å². The van der Waals surface area contributed by atoms with Crippen LogP contribution in [0.1, 0.15) is 24.9 Å². The van der Waals surface area contributed by atoms with Crippen molar-refractivity contribution in [2.45, 2.75) is 19.4 Å². The monoisotopic (exact) mass is 169 g/mol. The molecular weight excluding hydrogens is 153 g/mol. The van der Waals surface area contributed by atoms with Crippen LogP contribution in [-0.2, 0) is 0 Å². The van der Waals surface area contributed by atoms with E-state index in [0.29, 0.717) is 6.04 Å². The van der Waals surface area contributed by atoms with Gasteiger partial charge >= 0.3 is 18.9 Å². The first-order valence-corrected chi connectivity index (χ1v) is 4.42. The Hall–Kier alpha value is -0.223. The maximum absolute atomic E-state index is 3.79. The number of rotatable bonds is 4. The van der Waals surface area contributed by atoms with Crippen LogP contribution >= 0.6 is 0 Å². The average Bonchev–Trinajstić information content (AvgIpc) is 2.15. The molecule has 0 saturated heterocycles. The molecule has 2 heteroatoms. The predicted octanol–water partition coefficient (Wildman–Crippen LogP) is -0.435. The Balaban J connectivity index is 0.00000144. The Morgan fingerprint density at radius 3 is 2.46 bits per heavy atom. The summed E-state index contributed by atoms with van der Waals surface area (Å²) in [5.74, 6) is 0. The van der Waals surface area contributed by atoms with Crippen LogP contribution in [0.4, 0.5) is 0 Å². The summed E-state index contributed by atoms with van der Waals surface area (Å²) >= 11 is 0. The van der Waals surface area contributed by atoms with Crippen LogP contribution in [-0.4, -0.2) is 6.54 Å². The summed E-state index contributed by atoms with van der Waals surface area (Å²) in [6, 6.07) is 10.9. The summed E-state index contributed by atoms with van der Waals surface area (Å²) in [7, 11) is 0. The molecule has 0 aliphatic rings. The number of hydrogen-bond acceptors (Lipinski definition) is 1. The smallest absolute Gasteiger partial charge is 0.342 e. The molecule has 1 aromatic rings. The van der Waals surface area contributed by atoms with Crippen LogP contribution in [0.25, 0.3) is 0 Å². The minimum absolute atomic E-state index is 0. The van der Waals surface area contributed by atoms with Crippen molar-refractivity contribution in [1.82, 2.24) is 5.32 Å². The van der Waals surface area contributed by atoms with Gasteiger partial charge < -0.3 is 12.2 Å². The molecule has 1 N–H and O–H groups in total. The van der Waals surface area contributed by atoms with E-state index in [0.717, 1.165) is 13.0 Å². The topological polar surface area (TPSA) is 12.0 Å². The Morgan fingerprint density at radius 1 is 1.31 bits per heavy atom. The third-order valence-electron chi connectivity index (χ3n) is 1.93. The average molecular weight is 169 g/mol. The zero-order valence-electron chi connectivity index (χ0n) is 8.59. The molecule has 13 heavy (non-hydrogen) atoms. The van der Waals surface area contributed by atoms with Crippen LogP contribution in [0.5, 0.6) is 0 Å². The summed E-state index contributed by atoms with van der Waals surface area (Å²) in [5, 5.41) is 3.39. The minimum Gasteiger partial charge on any atom is -0.342 e. The number of hydrogen-bond donors (Lipinski definition) is 1. The van der Waals surface area contributed by atoms with Gasteiger partial charge in [-0.3, -0.25) is 0 Å². The molecule has 0 saturated carbocycles. The molecule has 1 rings (SSSR count). The molecule has 0 radical (unpaired) electrons. The van der Waals surface area contributed by atoms with Crippen molar-refractivity contribution in [3.05, 3.63) is 42.8 Å². The SMILES string of the molecule is [CH2-]CCN[C@@H](C)c1ccccc1.[Li+]. The second-order valence-electron chi connectivity index (χ2n) is 2.94. The standard InChI is InChI=1S/C11H16N.Li/c1-3-9-12-10(2)11-7-5-4-6-8-11;/h4-8,10,12H,1,3,9H2,2H3;/q-1;+1/t10-;/m0./s1. The Kier molecular flexibility index (Phi) is 7.08. The molecule has 1 aromatic carbocycles. The van der Waals surface area contributed by atoms with E-state index in [1.54, 1.807) is 0 Å². The van der Waals surface area contributed by atoms with E-state index in [2.05, 4.69) is 43.4 Å². The van der Waals surface area contributed by atoms with E-state index in [9.17, 15) is 0 Å². The van der Waals surface area contributed by atoms with Gasteiger partial charge in [-0.05, 0) is 19.0 Å². The number of benzene rings is 1. The van der Waals surface area contributed by atoms with Gasteiger partial charge in [-0.2, -0.15) is 6.42 Å². The van der Waals surface area contributed by atoms with Gasteiger partial charge in [0.05, 0.1) is 0 Å². The van der Waals surface area contributed by atoms with E-state index in [-0.39, 0.29) is 18.9 Å². The summed E-state index contributed by atoms with van der Waals surface area (Å²) < 4.78 is 0. The summed E-state index contributed by atoms with van der Waals surface area (Å²) in [6.45, 7) is 6.94. The molecule has 1 atom stereocenters. The van der Waals surface area contributed by atoms with Crippen LogP contribution < -0.4 is 24.2 Å². The Morgan fingerprint density at radius 2 is 1.92 bits per heavy atom. The first-order valence-electron chi connectivity index (χ1n) is 4.42. The minimum atomic E-state index is 0. The fraction of sp³-hybridized carbons (Fsp3) is 0.364. The fourth-order valence-corrected chi connectivity index (χ4v) is 1.18. The second kappa shape index (κ2) is 7.21. The zero-order valence-corrected chi connectivity index (χ0v) is 8.59. The van der Waals surface area contributed by atoms with Crippen molar-refractivity contribution >= 4 is 0 Å². The van der Waals surface area contributed by atoms with E-state index in [1.807, 2.05) is 6.07 Å². The van der Waals surface area contributed by atoms with E-state index >= 15 is 0 Å². The summed E-state index contributed by atoms with van der Waals surface area (Å²) in [6.07, 6.45) is 0.942. The molecule has 0 aromatic heterocycles. The summed E-state index contributed by atoms with van der Waals surface area (Å²) in [4.78, 5) is 0. The van der Waals surface area contributed by atoms with Crippen LogP contribution in [0, 0.1) is 6.92 Å². The van der Waals surface area contributed by atoms with E-state index < -0.39 is 0 Å². The fourth-order valence-electron chi connectivity index (χ4n) is 1.18. The van der Waals surface area contributed by atoms with Gasteiger partial charge in [-0.1, -0.05) is 30.3 Å². The van der Waals surface area contributed by atoms with Crippen LogP contribution in [0.15, 0.2) is 30.3 Å². The van der Waals surface area contributed by atoms with Crippen molar-refractivity contribution < 1.29 is 18.9 Å². The first-order chi connectivity index (χ1) is 5.84. The molecule has 0 bridgehead atoms. The summed E-state index contributed by atoms with van der Waals surface area (Å²) in [5.41, 5.74) is 1.34. The molecule has 0 spiro atoms. The normalized spacial score (nSPS) is 11.8. The molecule has 0 fully saturated rings. The Bertz CT molecular complexity index is 211. The molecule has 0 amide bonds. The second-order valence-corrected chi connectivity index (χ2v) is 2.94. The Labute approximate surface area is 93.1 Å². The molecule has 0 unspecified atom stereocenters. The quantitative estimate of drug-likeness (QED) is 0.476. The third kappa shape index (κ3) is 4.52. The predicted molar refractivity (Wildman–Crippen MR) is 52.8 cm³/mol. The molecule has 0 aliphatic carbocycles. The zero-order chi connectivity index (χ0) is 8.81. The number of nitrogens with one attached hydrogen (secondary N) is 1. The van der Waals surface area contributed by atoms with Gasteiger partial charge in [-0.25, -0.2) is 0 Å². The van der Waals surface area contributed by atoms with Gasteiger partial charge in [0.1, 0.15) is 0 Å². The van der Waals surface area contributed by atoms with Crippen LogP contribution in [0.3, 0.4) is 0 Å². The van der Waals surface area contributed by atoms with Gasteiger partial charge in [0.25, 0.3) is 0 Å². The van der Waals surface area contributed by atoms with Crippen LogP contribution in [0.2, 0.25) is 0 Å². The van der Waals surface area contributed by atoms with Gasteiger partial charge in [0, 0.05) is 6.04 Å². The molecule has 0 heterocycles. The molecule has 0 aliphatic heterocycles. The maximum atomic E-state index is 3.79. The van der Waals surface area contributed by atoms with Crippen molar-refractivity contribution in [1.29, 1.82) is 0 Å². The van der Waals surface area contributed by atoms with Crippen molar-refractivity contribution in [3.8, 4) is 0 Å². The van der Waals surface area contributed by atoms with Gasteiger partial charge in [-0.15, -0.1) is 0 Å². The van der Waals surface area contributed by atoms with Crippen molar-refractivity contribution in [2.24, 2.45) is 0 Å². The van der Waals surface area contributed by atoms with Crippen molar-refractivity contribution in [2.75, 3.05) is 6.54 Å². The first kappa shape index (κ1) is 12.8. The van der Waals surface area contributed by atoms with E-state index in [4.69, 9.17) is 0 Å². The van der Waals surface area contributed by atoms with Crippen molar-refractivity contribution in [3.63, 3.8) is 0 Å². The largest absolute Gasteiger partial charge is 1.00 e. The molecular formula is C11H16LiN. The molecule has 1 nitrogen and oxygen atoms in total. The molecule has 66 valence electrons. The third-order valence-corrected chi connectivity index (χ3v) is 1.93.